The molecule has 2 aliphatic heterocycles. The van der Waals surface area contributed by atoms with Crippen molar-refractivity contribution in [1.82, 2.24) is 0 Å². The number of methoxy groups -OCH3 is 1. The predicted molar refractivity (Wildman–Crippen MR) is 190 cm³/mol. The van der Waals surface area contributed by atoms with E-state index in [9.17, 15) is 20.4 Å². The van der Waals surface area contributed by atoms with E-state index in [2.05, 4.69) is 6.92 Å². The third kappa shape index (κ3) is 6.53. The summed E-state index contributed by atoms with van der Waals surface area (Å²) in [4.78, 5) is 0. The van der Waals surface area contributed by atoms with Gasteiger partial charge in [-0.25, -0.2) is 0 Å². The molecule has 10 heteroatoms. The summed E-state index contributed by atoms with van der Waals surface area (Å²) in [6.07, 6.45) is 6.36. The molecule has 3 aromatic carbocycles. The average Bonchev–Trinajstić information content (AvgIpc) is 3.60. The lowest BCUT2D eigenvalue weighted by Crippen LogP contribution is -2.37. The Morgan fingerprint density at radius 2 is 1.75 bits per heavy atom. The van der Waals surface area contributed by atoms with Gasteiger partial charge in [0.15, 0.2) is 17.6 Å². The molecule has 4 aliphatic rings. The molecule has 0 amide bonds. The van der Waals surface area contributed by atoms with Gasteiger partial charge in [0.2, 0.25) is 5.75 Å². The molecule has 5 atom stereocenters. The van der Waals surface area contributed by atoms with Crippen molar-refractivity contribution in [2.45, 2.75) is 88.4 Å². The maximum absolute atomic E-state index is 12.3. The number of phenols is 2. The molecule has 2 aliphatic carbocycles. The van der Waals surface area contributed by atoms with Crippen molar-refractivity contribution in [3.63, 3.8) is 0 Å². The molecule has 1 saturated carbocycles. The highest BCUT2D eigenvalue weighted by Crippen LogP contribution is 2.56. The lowest BCUT2D eigenvalue weighted by molar-refractivity contribution is 0.00407. The number of rotatable bonds is 7. The molecule has 2 bridgehead atoms. The molecule has 0 aromatic heterocycles. The number of aromatic hydroxyl groups is 2. The molecule has 2 heterocycles. The van der Waals surface area contributed by atoms with Gasteiger partial charge in [0, 0.05) is 40.2 Å². The molecule has 1 fully saturated rings. The van der Waals surface area contributed by atoms with Gasteiger partial charge in [0.25, 0.3) is 0 Å². The highest BCUT2D eigenvalue weighted by Gasteiger charge is 2.43. The van der Waals surface area contributed by atoms with Crippen LogP contribution in [0.15, 0.2) is 36.4 Å². The fourth-order valence-corrected chi connectivity index (χ4v) is 10.6. The first-order valence-corrected chi connectivity index (χ1v) is 19.8. The number of benzene rings is 3. The Morgan fingerprint density at radius 3 is 2.54 bits per heavy atom. The van der Waals surface area contributed by atoms with Crippen LogP contribution >= 0.6 is 21.6 Å². The van der Waals surface area contributed by atoms with E-state index in [1.807, 2.05) is 29.0 Å². The van der Waals surface area contributed by atoms with Crippen molar-refractivity contribution in [2.24, 2.45) is 5.92 Å². The van der Waals surface area contributed by atoms with Crippen LogP contribution in [0, 0.1) is 5.92 Å². The number of fused-ring (bicyclic) bond motifs is 4. The normalized spacial score (nSPS) is 25.5. The molecular formula is C38H46O8S2. The topological polar surface area (TPSA) is 118 Å². The molecule has 4 N–H and O–H groups in total. The maximum atomic E-state index is 12.3. The van der Waals surface area contributed by atoms with Crippen LogP contribution in [0.1, 0.15) is 92.1 Å². The fourth-order valence-electron chi connectivity index (χ4n) is 8.00. The monoisotopic (exact) mass is 694 g/mol. The summed E-state index contributed by atoms with van der Waals surface area (Å²) >= 11 is 0. The zero-order chi connectivity index (χ0) is 33.4. The Balaban J connectivity index is 1.38. The lowest BCUT2D eigenvalue weighted by Gasteiger charge is -2.41. The predicted octanol–water partition coefficient (Wildman–Crippen LogP) is 7.89. The first-order valence-electron chi connectivity index (χ1n) is 17.3. The molecule has 0 saturated heterocycles. The minimum Gasteiger partial charge on any atom is -0.508 e. The molecular weight excluding hydrogens is 649 g/mol. The Hall–Kier alpha value is -2.92. The summed E-state index contributed by atoms with van der Waals surface area (Å²) in [5.74, 6) is 4.31. The van der Waals surface area contributed by atoms with Crippen LogP contribution in [0.4, 0.5) is 0 Å². The van der Waals surface area contributed by atoms with Gasteiger partial charge in [-0.2, -0.15) is 0 Å². The van der Waals surface area contributed by atoms with Gasteiger partial charge in [-0.1, -0.05) is 41.0 Å². The van der Waals surface area contributed by atoms with E-state index in [0.717, 1.165) is 84.9 Å². The van der Waals surface area contributed by atoms with E-state index < -0.39 is 12.2 Å². The van der Waals surface area contributed by atoms with E-state index >= 15 is 0 Å². The first-order chi connectivity index (χ1) is 23.4. The fraction of sp³-hybridized carbons (Fsp3) is 0.526. The van der Waals surface area contributed by atoms with Gasteiger partial charge < -0.3 is 39.4 Å². The third-order valence-electron chi connectivity index (χ3n) is 10.5. The van der Waals surface area contributed by atoms with Gasteiger partial charge in [-0.05, 0) is 97.7 Å². The number of aliphatic hydroxyl groups is 2. The van der Waals surface area contributed by atoms with Crippen LogP contribution in [0.3, 0.4) is 0 Å². The van der Waals surface area contributed by atoms with E-state index in [0.29, 0.717) is 34.5 Å². The molecule has 8 nitrogen and oxygen atoms in total. The number of hydrogen-bond donors (Lipinski definition) is 4. The van der Waals surface area contributed by atoms with Crippen molar-refractivity contribution in [2.75, 3.05) is 31.8 Å². The number of phenolic OH excluding ortho intramolecular Hbond substituents is 2. The van der Waals surface area contributed by atoms with Gasteiger partial charge in [0.1, 0.15) is 30.0 Å². The average molecular weight is 695 g/mol. The summed E-state index contributed by atoms with van der Waals surface area (Å²) in [7, 11) is 5.17. The van der Waals surface area contributed by atoms with Crippen LogP contribution in [0.2, 0.25) is 0 Å². The number of hydrogen-bond acceptors (Lipinski definition) is 10. The Kier molecular flexibility index (Phi) is 10.2. The van der Waals surface area contributed by atoms with E-state index in [1.165, 1.54) is 7.11 Å². The summed E-state index contributed by atoms with van der Waals surface area (Å²) in [5.41, 5.74) is 5.86. The Labute approximate surface area is 290 Å². The summed E-state index contributed by atoms with van der Waals surface area (Å²) < 4.78 is 24.9. The minimum absolute atomic E-state index is 0.0239. The SMILES string of the molecule is COc1cc([C@@H]2Oc3cc(OCCO)c4c5c3[C@H](CSSCC[C@@H](C)CC[C@@H](C5)c3cc(O)ccc3-4)[C@H]2O)cc(OC2CCCC2)c1O. The molecule has 258 valence electrons. The quantitative estimate of drug-likeness (QED) is 0.182. The lowest BCUT2D eigenvalue weighted by atomic mass is 9.71. The van der Waals surface area contributed by atoms with Crippen LogP contribution < -0.4 is 18.9 Å². The zero-order valence-corrected chi connectivity index (χ0v) is 29.3. The van der Waals surface area contributed by atoms with Crippen LogP contribution in [0.25, 0.3) is 11.1 Å². The maximum Gasteiger partial charge on any atom is 0.200 e. The van der Waals surface area contributed by atoms with E-state index in [-0.39, 0.29) is 48.4 Å². The smallest absolute Gasteiger partial charge is 0.200 e. The first kappa shape index (κ1) is 33.6. The van der Waals surface area contributed by atoms with Crippen molar-refractivity contribution < 1.29 is 39.4 Å². The van der Waals surface area contributed by atoms with Crippen LogP contribution in [0.5, 0.6) is 34.5 Å². The van der Waals surface area contributed by atoms with Crippen molar-refractivity contribution >= 4 is 21.6 Å². The molecule has 3 aromatic rings. The van der Waals surface area contributed by atoms with Gasteiger partial charge in [0.05, 0.1) is 19.8 Å². The Morgan fingerprint density at radius 1 is 0.938 bits per heavy atom. The minimum atomic E-state index is -0.892. The van der Waals surface area contributed by atoms with E-state index in [4.69, 9.17) is 18.9 Å². The van der Waals surface area contributed by atoms with Gasteiger partial charge >= 0.3 is 0 Å². The molecule has 0 radical (unpaired) electrons. The van der Waals surface area contributed by atoms with Gasteiger partial charge in [-0.3, -0.25) is 0 Å². The van der Waals surface area contributed by atoms with Crippen LogP contribution in [-0.2, 0) is 6.42 Å². The number of ether oxygens (including phenoxy) is 4. The molecule has 0 spiro atoms. The summed E-state index contributed by atoms with van der Waals surface area (Å²) in [6.45, 7) is 2.31. The van der Waals surface area contributed by atoms with Crippen molar-refractivity contribution in [3.8, 4) is 45.6 Å². The summed E-state index contributed by atoms with van der Waals surface area (Å²) in [5, 5.41) is 43.7. The largest absolute Gasteiger partial charge is 0.508 e. The second-order valence-electron chi connectivity index (χ2n) is 13.7. The molecule has 48 heavy (non-hydrogen) atoms. The summed E-state index contributed by atoms with van der Waals surface area (Å²) in [6, 6.07) is 11.0. The van der Waals surface area contributed by atoms with Gasteiger partial charge in [-0.15, -0.1) is 0 Å². The number of aliphatic hydroxyl groups excluding tert-OH is 2. The zero-order valence-electron chi connectivity index (χ0n) is 27.7. The molecule has 0 unspecified atom stereocenters. The highest BCUT2D eigenvalue weighted by molar-refractivity contribution is 8.76. The highest BCUT2D eigenvalue weighted by atomic mass is 33.1. The van der Waals surface area contributed by atoms with Crippen molar-refractivity contribution in [1.29, 1.82) is 0 Å². The van der Waals surface area contributed by atoms with Crippen molar-refractivity contribution in [3.05, 3.63) is 58.7 Å². The Bertz CT molecular complexity index is 1620. The standard InChI is InChI=1S/C38H46O8S2/c1-21-7-8-22-15-28-34(26-10-9-24(40)18-27(22)26)30(44-13-12-39)19-31-35(28)29(20-48-47-14-11-21)36(41)38(46-31)23-16-32(43-2)37(42)33(17-23)45-25-5-3-4-6-25/h9-10,16-19,21-22,25,29,36,38-42H,3-8,11-15,20H2,1-2H3/t21-,22-,29-,36+,38-/m0/s1. The van der Waals surface area contributed by atoms with E-state index in [1.54, 1.807) is 29.0 Å². The third-order valence-corrected chi connectivity index (χ3v) is 13.0. The molecule has 7 rings (SSSR count). The second-order valence-corrected chi connectivity index (χ2v) is 16.3. The second kappa shape index (κ2) is 14.5. The van der Waals surface area contributed by atoms with Crippen LogP contribution in [-0.4, -0.2) is 64.5 Å².